The summed E-state index contributed by atoms with van der Waals surface area (Å²) in [6.07, 6.45) is 1.75. The third-order valence-corrected chi connectivity index (χ3v) is 3.15. The molecular weight excluding hydrogens is 260 g/mol. The third kappa shape index (κ3) is 2.97. The monoisotopic (exact) mass is 276 g/mol. The highest BCUT2D eigenvalue weighted by atomic mass is 16.4. The maximum absolute atomic E-state index is 10.9. The number of aromatic nitrogens is 1. The summed E-state index contributed by atoms with van der Waals surface area (Å²) >= 11 is 0. The van der Waals surface area contributed by atoms with Crippen molar-refractivity contribution in [2.45, 2.75) is 26.1 Å². The summed E-state index contributed by atoms with van der Waals surface area (Å²) in [5.41, 5.74) is 1.71. The molecule has 2 rings (SSSR count). The molecule has 0 amide bonds. The smallest absolute Gasteiger partial charge is 0.323 e. The van der Waals surface area contributed by atoms with E-state index in [4.69, 9.17) is 10.2 Å². The van der Waals surface area contributed by atoms with E-state index in [1.165, 1.54) is 0 Å². The van der Waals surface area contributed by atoms with Gasteiger partial charge in [-0.15, -0.1) is 0 Å². The van der Waals surface area contributed by atoms with E-state index in [-0.39, 0.29) is 6.54 Å². The first kappa shape index (κ1) is 14.1. The Morgan fingerprint density at radius 3 is 2.65 bits per heavy atom. The number of aliphatic carboxylic acids is 2. The molecule has 2 aromatic rings. The number of rotatable bonds is 6. The predicted molar refractivity (Wildman–Crippen MR) is 73.5 cm³/mol. The van der Waals surface area contributed by atoms with Crippen LogP contribution in [0.1, 0.15) is 12.5 Å². The Bertz CT molecular complexity index is 648. The van der Waals surface area contributed by atoms with Crippen LogP contribution in [0, 0.1) is 0 Å². The molecule has 0 saturated carbocycles. The first-order valence-electron chi connectivity index (χ1n) is 6.23. The van der Waals surface area contributed by atoms with Gasteiger partial charge in [-0.3, -0.25) is 9.59 Å². The molecule has 0 unspecified atom stereocenters. The van der Waals surface area contributed by atoms with Crippen molar-refractivity contribution in [3.8, 4) is 0 Å². The zero-order chi connectivity index (χ0) is 14.7. The minimum Gasteiger partial charge on any atom is -0.480 e. The molecule has 1 aromatic heterocycles. The second-order valence-corrected chi connectivity index (χ2v) is 4.63. The van der Waals surface area contributed by atoms with Crippen LogP contribution in [0.5, 0.6) is 0 Å². The summed E-state index contributed by atoms with van der Waals surface area (Å²) < 4.78 is 1.65. The molecule has 6 nitrogen and oxygen atoms in total. The van der Waals surface area contributed by atoms with Crippen LogP contribution in [0.2, 0.25) is 0 Å². The predicted octanol–water partition coefficient (Wildman–Crippen LogP) is 1.29. The van der Waals surface area contributed by atoms with Crippen molar-refractivity contribution in [1.82, 2.24) is 9.88 Å². The van der Waals surface area contributed by atoms with Gasteiger partial charge in [-0.1, -0.05) is 18.2 Å². The van der Waals surface area contributed by atoms with E-state index >= 15 is 0 Å². The number of carbonyl (C=O) groups is 2. The highest BCUT2D eigenvalue weighted by Crippen LogP contribution is 2.21. The van der Waals surface area contributed by atoms with Crippen molar-refractivity contribution in [1.29, 1.82) is 0 Å². The van der Waals surface area contributed by atoms with Gasteiger partial charge in [0.25, 0.3) is 0 Å². The number of fused-ring (bicyclic) bond motifs is 1. The average Bonchev–Trinajstić information content (AvgIpc) is 2.74. The van der Waals surface area contributed by atoms with Gasteiger partial charge in [0.1, 0.15) is 12.6 Å². The quantitative estimate of drug-likeness (QED) is 0.739. The summed E-state index contributed by atoms with van der Waals surface area (Å²) in [7, 11) is 0. The van der Waals surface area contributed by atoms with Gasteiger partial charge in [-0.05, 0) is 18.6 Å². The van der Waals surface area contributed by atoms with Gasteiger partial charge in [-0.25, -0.2) is 0 Å². The molecule has 6 heteroatoms. The maximum atomic E-state index is 10.9. The third-order valence-electron chi connectivity index (χ3n) is 3.15. The van der Waals surface area contributed by atoms with Crippen LogP contribution in [-0.4, -0.2) is 32.8 Å². The van der Waals surface area contributed by atoms with E-state index in [2.05, 4.69) is 5.32 Å². The highest BCUT2D eigenvalue weighted by Gasteiger charge is 2.13. The molecule has 1 atom stereocenters. The summed E-state index contributed by atoms with van der Waals surface area (Å²) in [6, 6.07) is 6.81. The van der Waals surface area contributed by atoms with Crippen molar-refractivity contribution < 1.29 is 19.8 Å². The lowest BCUT2D eigenvalue weighted by molar-refractivity contribution is -0.139. The standard InChI is InChI=1S/C14H16N2O4/c1-9(14(19)20)15-6-10-7-16(8-13(17)18)12-5-3-2-4-11(10)12/h2-5,7,9,15H,6,8H2,1H3,(H,17,18)(H,19,20)/t9-/m1/s1. The number of hydrogen-bond acceptors (Lipinski definition) is 3. The summed E-state index contributed by atoms with van der Waals surface area (Å²) in [5, 5.41) is 21.6. The fraction of sp³-hybridized carbons (Fsp3) is 0.286. The zero-order valence-electron chi connectivity index (χ0n) is 11.0. The van der Waals surface area contributed by atoms with Gasteiger partial charge < -0.3 is 20.1 Å². The van der Waals surface area contributed by atoms with Gasteiger partial charge in [0, 0.05) is 23.6 Å². The molecule has 0 aliphatic carbocycles. The van der Waals surface area contributed by atoms with Crippen LogP contribution in [0.25, 0.3) is 10.9 Å². The maximum Gasteiger partial charge on any atom is 0.323 e. The number of benzene rings is 1. The Morgan fingerprint density at radius 1 is 1.30 bits per heavy atom. The van der Waals surface area contributed by atoms with E-state index < -0.39 is 18.0 Å². The van der Waals surface area contributed by atoms with Gasteiger partial charge in [-0.2, -0.15) is 0 Å². The van der Waals surface area contributed by atoms with E-state index in [9.17, 15) is 9.59 Å². The van der Waals surface area contributed by atoms with Crippen LogP contribution in [0.3, 0.4) is 0 Å². The molecule has 0 radical (unpaired) electrons. The first-order chi connectivity index (χ1) is 9.49. The molecule has 20 heavy (non-hydrogen) atoms. The first-order valence-corrected chi connectivity index (χ1v) is 6.23. The number of para-hydroxylation sites is 1. The molecule has 0 fully saturated rings. The van der Waals surface area contributed by atoms with Crippen LogP contribution < -0.4 is 5.32 Å². The average molecular weight is 276 g/mol. The number of hydrogen-bond donors (Lipinski definition) is 3. The highest BCUT2D eigenvalue weighted by molar-refractivity contribution is 5.85. The minimum absolute atomic E-state index is 0.116. The van der Waals surface area contributed by atoms with Crippen LogP contribution in [0.15, 0.2) is 30.5 Å². The number of carboxylic acid groups (broad SMARTS) is 2. The Hall–Kier alpha value is -2.34. The molecule has 1 heterocycles. The molecule has 0 aliphatic rings. The Labute approximate surface area is 115 Å². The van der Waals surface area contributed by atoms with E-state index in [0.29, 0.717) is 6.54 Å². The fourth-order valence-corrected chi connectivity index (χ4v) is 2.09. The topological polar surface area (TPSA) is 91.6 Å². The van der Waals surface area contributed by atoms with Crippen molar-refractivity contribution >= 4 is 22.8 Å². The molecule has 0 aliphatic heterocycles. The van der Waals surface area contributed by atoms with E-state index in [1.807, 2.05) is 24.3 Å². The Morgan fingerprint density at radius 2 is 2.00 bits per heavy atom. The minimum atomic E-state index is -0.917. The molecule has 0 saturated heterocycles. The molecule has 0 spiro atoms. The van der Waals surface area contributed by atoms with E-state index in [1.54, 1.807) is 17.7 Å². The lowest BCUT2D eigenvalue weighted by Crippen LogP contribution is -2.33. The van der Waals surface area contributed by atoms with Crippen LogP contribution in [-0.2, 0) is 22.7 Å². The summed E-state index contributed by atoms with van der Waals surface area (Å²) in [5.74, 6) is -1.83. The van der Waals surface area contributed by atoms with Crippen LogP contribution >= 0.6 is 0 Å². The van der Waals surface area contributed by atoms with Gasteiger partial charge in [0.05, 0.1) is 0 Å². The van der Waals surface area contributed by atoms with Crippen molar-refractivity contribution in [2.75, 3.05) is 0 Å². The molecule has 106 valence electrons. The van der Waals surface area contributed by atoms with Gasteiger partial charge in [0.2, 0.25) is 0 Å². The number of nitrogens with one attached hydrogen (secondary N) is 1. The van der Waals surface area contributed by atoms with Crippen molar-refractivity contribution in [3.05, 3.63) is 36.0 Å². The molecular formula is C14H16N2O4. The van der Waals surface area contributed by atoms with Crippen LogP contribution in [0.4, 0.5) is 0 Å². The second kappa shape index (κ2) is 5.75. The molecule has 1 aromatic carbocycles. The fourth-order valence-electron chi connectivity index (χ4n) is 2.09. The SMILES string of the molecule is C[C@@H](NCc1cn(CC(=O)O)c2ccccc12)C(=O)O. The molecule has 3 N–H and O–H groups in total. The van der Waals surface area contributed by atoms with Crippen molar-refractivity contribution in [2.24, 2.45) is 0 Å². The molecule has 0 bridgehead atoms. The Kier molecular flexibility index (Phi) is 4.05. The Balaban J connectivity index is 2.29. The normalized spacial score (nSPS) is 12.4. The van der Waals surface area contributed by atoms with Gasteiger partial charge in [0.15, 0.2) is 0 Å². The van der Waals surface area contributed by atoms with Gasteiger partial charge >= 0.3 is 11.9 Å². The summed E-state index contributed by atoms with van der Waals surface area (Å²) in [6.45, 7) is 1.83. The lowest BCUT2D eigenvalue weighted by Gasteiger charge is -2.07. The van der Waals surface area contributed by atoms with Crippen molar-refractivity contribution in [3.63, 3.8) is 0 Å². The number of nitrogens with zero attached hydrogens (tertiary/aromatic N) is 1. The largest absolute Gasteiger partial charge is 0.480 e. The summed E-state index contributed by atoms with van der Waals surface area (Å²) in [4.78, 5) is 21.7. The zero-order valence-corrected chi connectivity index (χ0v) is 11.0. The number of carboxylic acids is 2. The second-order valence-electron chi connectivity index (χ2n) is 4.63. The lowest BCUT2D eigenvalue weighted by atomic mass is 10.1. The van der Waals surface area contributed by atoms with E-state index in [0.717, 1.165) is 16.5 Å².